The van der Waals surface area contributed by atoms with Gasteiger partial charge < -0.3 is 14.8 Å². The van der Waals surface area contributed by atoms with Crippen molar-refractivity contribution in [2.24, 2.45) is 0 Å². The van der Waals surface area contributed by atoms with Crippen molar-refractivity contribution in [2.45, 2.75) is 6.42 Å². The number of carboxylic acid groups (broad SMARTS) is 1. The van der Waals surface area contributed by atoms with Crippen molar-refractivity contribution < 1.29 is 14.6 Å². The summed E-state index contributed by atoms with van der Waals surface area (Å²) in [6.45, 7) is 0. The molecular formula is C16H13N3O4. The summed E-state index contributed by atoms with van der Waals surface area (Å²) in [5, 5.41) is 9.38. The topological polar surface area (TPSA) is 105 Å². The van der Waals surface area contributed by atoms with E-state index in [0.29, 0.717) is 34.7 Å². The highest BCUT2D eigenvalue weighted by Crippen LogP contribution is 2.13. The van der Waals surface area contributed by atoms with E-state index in [1.54, 1.807) is 18.2 Å². The molecule has 23 heavy (non-hydrogen) atoms. The van der Waals surface area contributed by atoms with Crippen LogP contribution >= 0.6 is 0 Å². The summed E-state index contributed by atoms with van der Waals surface area (Å²) < 4.78 is 5.06. The zero-order chi connectivity index (χ0) is 16.4. The molecule has 0 atom stereocenters. The highest BCUT2D eigenvalue weighted by Gasteiger charge is 2.09. The van der Waals surface area contributed by atoms with Gasteiger partial charge in [0.2, 0.25) is 5.88 Å². The lowest BCUT2D eigenvalue weighted by Crippen LogP contribution is -2.13. The van der Waals surface area contributed by atoms with E-state index in [-0.39, 0.29) is 11.1 Å². The maximum Gasteiger partial charge on any atom is 0.335 e. The Bertz CT molecular complexity index is 949. The number of methoxy groups -OCH3 is 1. The van der Waals surface area contributed by atoms with Crippen LogP contribution in [0.15, 0.2) is 41.2 Å². The summed E-state index contributed by atoms with van der Waals surface area (Å²) in [5.74, 6) is -0.186. The summed E-state index contributed by atoms with van der Waals surface area (Å²) in [5.41, 5.74) is 0.790. The van der Waals surface area contributed by atoms with Gasteiger partial charge in [0, 0.05) is 12.5 Å². The number of fused-ring (bicyclic) bond motifs is 1. The molecule has 0 unspecified atom stereocenters. The molecule has 0 spiro atoms. The molecular weight excluding hydrogens is 298 g/mol. The quantitative estimate of drug-likeness (QED) is 0.758. The normalized spacial score (nSPS) is 10.7. The molecule has 1 aromatic carbocycles. The molecule has 2 aromatic heterocycles. The number of carboxylic acids is 1. The Kier molecular flexibility index (Phi) is 3.76. The van der Waals surface area contributed by atoms with Crippen LogP contribution in [0.25, 0.3) is 10.9 Å². The molecule has 0 saturated heterocycles. The number of benzene rings is 1. The summed E-state index contributed by atoms with van der Waals surface area (Å²) in [6.07, 6.45) is 0.305. The molecule has 3 rings (SSSR count). The third-order valence-electron chi connectivity index (χ3n) is 3.34. The lowest BCUT2D eigenvalue weighted by molar-refractivity contribution is 0.0697. The first kappa shape index (κ1) is 14.7. The van der Waals surface area contributed by atoms with Crippen molar-refractivity contribution in [1.29, 1.82) is 0 Å². The van der Waals surface area contributed by atoms with Crippen molar-refractivity contribution in [3.05, 3.63) is 63.8 Å². The van der Waals surface area contributed by atoms with Crippen LogP contribution in [-0.2, 0) is 6.42 Å². The van der Waals surface area contributed by atoms with E-state index in [1.165, 1.54) is 25.3 Å². The van der Waals surface area contributed by atoms with Crippen LogP contribution in [0.2, 0.25) is 0 Å². The van der Waals surface area contributed by atoms with Crippen LogP contribution in [0.3, 0.4) is 0 Å². The molecule has 2 heterocycles. The monoisotopic (exact) mass is 311 g/mol. The van der Waals surface area contributed by atoms with Gasteiger partial charge in [0.15, 0.2) is 0 Å². The van der Waals surface area contributed by atoms with E-state index >= 15 is 0 Å². The number of nitrogens with one attached hydrogen (secondary N) is 1. The molecule has 7 heteroatoms. The number of aromatic carboxylic acids is 1. The first-order valence-electron chi connectivity index (χ1n) is 6.83. The van der Waals surface area contributed by atoms with E-state index in [4.69, 9.17) is 9.84 Å². The van der Waals surface area contributed by atoms with Gasteiger partial charge >= 0.3 is 5.97 Å². The molecule has 0 aliphatic heterocycles. The number of rotatable bonds is 4. The fraction of sp³-hybridized carbons (Fsp3) is 0.125. The first-order valence-corrected chi connectivity index (χ1v) is 6.83. The lowest BCUT2D eigenvalue weighted by atomic mass is 10.1. The second-order valence-corrected chi connectivity index (χ2v) is 4.90. The SMILES string of the molecule is COc1cccc(Cc2nc3cc(C(=O)O)ccc3c(=O)[nH]2)n1. The molecule has 0 amide bonds. The largest absolute Gasteiger partial charge is 0.481 e. The fourth-order valence-electron chi connectivity index (χ4n) is 2.25. The van der Waals surface area contributed by atoms with E-state index in [0.717, 1.165) is 0 Å². The second-order valence-electron chi connectivity index (χ2n) is 4.90. The van der Waals surface area contributed by atoms with Gasteiger partial charge in [0.05, 0.1) is 29.3 Å². The van der Waals surface area contributed by atoms with Crippen LogP contribution in [0, 0.1) is 0 Å². The first-order chi connectivity index (χ1) is 11.1. The Morgan fingerprint density at radius 2 is 2.09 bits per heavy atom. The maximum atomic E-state index is 12.1. The number of hydrogen-bond acceptors (Lipinski definition) is 5. The number of aromatic amines is 1. The van der Waals surface area contributed by atoms with E-state index < -0.39 is 5.97 Å². The minimum absolute atomic E-state index is 0.0843. The summed E-state index contributed by atoms with van der Waals surface area (Å²) in [4.78, 5) is 34.4. The van der Waals surface area contributed by atoms with Crippen LogP contribution < -0.4 is 10.3 Å². The standard InChI is InChI=1S/C16H13N3O4/c1-23-14-4-2-3-10(17-14)8-13-18-12-7-9(16(21)22)5-6-11(12)15(20)19-13/h2-7H,8H2,1H3,(H,21,22)(H,18,19,20). The predicted molar refractivity (Wildman–Crippen MR) is 82.9 cm³/mol. The molecule has 0 bridgehead atoms. The highest BCUT2D eigenvalue weighted by atomic mass is 16.5. The third-order valence-corrected chi connectivity index (χ3v) is 3.34. The van der Waals surface area contributed by atoms with Gasteiger partial charge in [-0.2, -0.15) is 0 Å². The molecule has 7 nitrogen and oxygen atoms in total. The average Bonchev–Trinajstić information content (AvgIpc) is 2.54. The number of carbonyl (C=O) groups is 1. The van der Waals surface area contributed by atoms with Crippen LogP contribution in [0.5, 0.6) is 5.88 Å². The van der Waals surface area contributed by atoms with Crippen LogP contribution in [0.4, 0.5) is 0 Å². The summed E-state index contributed by atoms with van der Waals surface area (Å²) in [6, 6.07) is 9.53. The van der Waals surface area contributed by atoms with E-state index in [1.807, 2.05) is 0 Å². The summed E-state index contributed by atoms with van der Waals surface area (Å²) >= 11 is 0. The van der Waals surface area contributed by atoms with Crippen molar-refractivity contribution in [1.82, 2.24) is 15.0 Å². The number of hydrogen-bond donors (Lipinski definition) is 2. The second kappa shape index (κ2) is 5.88. The maximum absolute atomic E-state index is 12.1. The Hall–Kier alpha value is -3.22. The van der Waals surface area contributed by atoms with Crippen molar-refractivity contribution in [3.63, 3.8) is 0 Å². The Morgan fingerprint density at radius 3 is 2.83 bits per heavy atom. The van der Waals surface area contributed by atoms with Gasteiger partial charge in [0.25, 0.3) is 5.56 Å². The average molecular weight is 311 g/mol. The van der Waals surface area contributed by atoms with Gasteiger partial charge in [-0.1, -0.05) is 6.07 Å². The number of nitrogens with zero attached hydrogens (tertiary/aromatic N) is 2. The Labute approximate surface area is 130 Å². The van der Waals surface area contributed by atoms with Crippen molar-refractivity contribution >= 4 is 16.9 Å². The molecule has 3 aromatic rings. The number of ether oxygens (including phenoxy) is 1. The molecule has 0 aliphatic rings. The minimum Gasteiger partial charge on any atom is -0.481 e. The van der Waals surface area contributed by atoms with Crippen molar-refractivity contribution in [2.75, 3.05) is 7.11 Å². The van der Waals surface area contributed by atoms with Gasteiger partial charge in [-0.15, -0.1) is 0 Å². The highest BCUT2D eigenvalue weighted by molar-refractivity contribution is 5.92. The van der Waals surface area contributed by atoms with E-state index in [2.05, 4.69) is 15.0 Å². The zero-order valence-electron chi connectivity index (χ0n) is 12.2. The Balaban J connectivity index is 2.03. The third kappa shape index (κ3) is 3.03. The molecule has 0 fully saturated rings. The lowest BCUT2D eigenvalue weighted by Gasteiger charge is -2.05. The summed E-state index contributed by atoms with van der Waals surface area (Å²) in [7, 11) is 1.52. The van der Waals surface area contributed by atoms with Gasteiger partial charge in [-0.3, -0.25) is 4.79 Å². The Morgan fingerprint density at radius 1 is 1.26 bits per heavy atom. The molecule has 116 valence electrons. The number of aromatic nitrogens is 3. The predicted octanol–water partition coefficient (Wildman–Crippen LogP) is 1.62. The minimum atomic E-state index is -1.06. The van der Waals surface area contributed by atoms with Gasteiger partial charge in [0.1, 0.15) is 5.82 Å². The van der Waals surface area contributed by atoms with Gasteiger partial charge in [-0.05, 0) is 24.3 Å². The molecule has 2 N–H and O–H groups in total. The number of pyridine rings is 1. The smallest absolute Gasteiger partial charge is 0.335 e. The van der Waals surface area contributed by atoms with Crippen molar-refractivity contribution in [3.8, 4) is 5.88 Å². The fourth-order valence-corrected chi connectivity index (χ4v) is 2.25. The molecule has 0 saturated carbocycles. The van der Waals surface area contributed by atoms with Gasteiger partial charge in [-0.25, -0.2) is 14.8 Å². The van der Waals surface area contributed by atoms with Crippen LogP contribution in [0.1, 0.15) is 21.9 Å². The number of H-pyrrole nitrogens is 1. The molecule has 0 radical (unpaired) electrons. The van der Waals surface area contributed by atoms with E-state index in [9.17, 15) is 9.59 Å². The molecule has 0 aliphatic carbocycles. The van der Waals surface area contributed by atoms with Crippen LogP contribution in [-0.4, -0.2) is 33.1 Å². The zero-order valence-corrected chi connectivity index (χ0v) is 12.2.